The molecule has 1 heterocycles. The molecule has 0 radical (unpaired) electrons. The molecule has 0 aliphatic carbocycles. The van der Waals surface area contributed by atoms with Crippen LogP contribution in [-0.2, 0) is 6.54 Å². The molecule has 0 fully saturated rings. The minimum Gasteiger partial charge on any atom is -0.481 e. The van der Waals surface area contributed by atoms with Gasteiger partial charge in [-0.1, -0.05) is 53.0 Å². The van der Waals surface area contributed by atoms with E-state index >= 15 is 0 Å². The van der Waals surface area contributed by atoms with Crippen molar-refractivity contribution in [2.24, 2.45) is 5.73 Å². The van der Waals surface area contributed by atoms with Crippen molar-refractivity contribution in [1.82, 2.24) is 4.98 Å². The van der Waals surface area contributed by atoms with Gasteiger partial charge < -0.3 is 10.5 Å². The highest BCUT2D eigenvalue weighted by atomic mass is 35.5. The number of nitrogens with two attached hydrogens (primary N) is 1. The Morgan fingerprint density at radius 2 is 1.60 bits per heavy atom. The van der Waals surface area contributed by atoms with Crippen molar-refractivity contribution in [3.8, 4) is 28.3 Å². The molecule has 0 aliphatic rings. The van der Waals surface area contributed by atoms with Gasteiger partial charge in [0.1, 0.15) is 0 Å². The van der Waals surface area contributed by atoms with Gasteiger partial charge in [0.05, 0.1) is 12.8 Å². The molecule has 0 saturated heterocycles. The van der Waals surface area contributed by atoms with Gasteiger partial charge in [-0.3, -0.25) is 0 Å². The molecule has 25 heavy (non-hydrogen) atoms. The molecule has 0 atom stereocenters. The minimum absolute atomic E-state index is 0.301. The molecule has 0 unspecified atom stereocenters. The van der Waals surface area contributed by atoms with E-state index in [2.05, 4.69) is 4.98 Å². The zero-order chi connectivity index (χ0) is 18.0. The van der Waals surface area contributed by atoms with Crippen LogP contribution in [0.1, 0.15) is 5.56 Å². The second-order valence-corrected chi connectivity index (χ2v) is 6.67. The van der Waals surface area contributed by atoms with E-state index < -0.39 is 0 Å². The summed E-state index contributed by atoms with van der Waals surface area (Å²) in [7, 11) is 1.57. The molecule has 2 N–H and O–H groups in total. The maximum atomic E-state index is 6.42. The molecule has 3 rings (SSSR count). The summed E-state index contributed by atoms with van der Waals surface area (Å²) in [5.74, 6) is 0.487. The lowest BCUT2D eigenvalue weighted by molar-refractivity contribution is 0.393. The number of hydrogen-bond donors (Lipinski definition) is 1. The van der Waals surface area contributed by atoms with Gasteiger partial charge in [-0.05, 0) is 30.3 Å². The van der Waals surface area contributed by atoms with E-state index in [1.54, 1.807) is 19.2 Å². The Morgan fingerprint density at radius 1 is 0.920 bits per heavy atom. The van der Waals surface area contributed by atoms with E-state index in [4.69, 9.17) is 45.3 Å². The summed E-state index contributed by atoms with van der Waals surface area (Å²) in [5, 5.41) is 1.76. The summed E-state index contributed by atoms with van der Waals surface area (Å²) in [6.45, 7) is 0.301. The summed E-state index contributed by atoms with van der Waals surface area (Å²) in [6.07, 6.45) is 0. The fourth-order valence-electron chi connectivity index (χ4n) is 2.60. The van der Waals surface area contributed by atoms with Crippen molar-refractivity contribution in [2.75, 3.05) is 7.11 Å². The van der Waals surface area contributed by atoms with Gasteiger partial charge in [-0.15, -0.1) is 0 Å². The fraction of sp³-hybridized carbons (Fsp3) is 0.105. The first-order valence-corrected chi connectivity index (χ1v) is 8.66. The maximum absolute atomic E-state index is 6.42. The number of methoxy groups -OCH3 is 1. The normalized spacial score (nSPS) is 10.8. The van der Waals surface area contributed by atoms with Crippen LogP contribution in [0.2, 0.25) is 15.1 Å². The molecule has 3 nitrogen and oxygen atoms in total. The number of hydrogen-bond acceptors (Lipinski definition) is 3. The lowest BCUT2D eigenvalue weighted by atomic mass is 9.97. The van der Waals surface area contributed by atoms with Gasteiger partial charge in [-0.2, -0.15) is 0 Å². The molecule has 0 spiro atoms. The van der Waals surface area contributed by atoms with Gasteiger partial charge in [0.2, 0.25) is 5.88 Å². The lowest BCUT2D eigenvalue weighted by Gasteiger charge is -2.15. The van der Waals surface area contributed by atoms with Crippen molar-refractivity contribution in [3.63, 3.8) is 0 Å². The first-order chi connectivity index (χ1) is 12.0. The Hall–Kier alpha value is -1.78. The van der Waals surface area contributed by atoms with Crippen LogP contribution in [0.25, 0.3) is 22.4 Å². The lowest BCUT2D eigenvalue weighted by Crippen LogP contribution is -2.04. The molecule has 2 aromatic carbocycles. The predicted molar refractivity (Wildman–Crippen MR) is 105 cm³/mol. The number of pyridine rings is 1. The summed E-state index contributed by atoms with van der Waals surface area (Å²) < 4.78 is 5.39. The summed E-state index contributed by atoms with van der Waals surface area (Å²) in [5.41, 5.74) is 9.94. The third kappa shape index (κ3) is 3.75. The van der Waals surface area contributed by atoms with Crippen LogP contribution < -0.4 is 10.5 Å². The van der Waals surface area contributed by atoms with Crippen LogP contribution in [0, 0.1) is 0 Å². The van der Waals surface area contributed by atoms with Crippen LogP contribution in [0.4, 0.5) is 0 Å². The zero-order valence-electron chi connectivity index (χ0n) is 13.4. The Labute approximate surface area is 161 Å². The minimum atomic E-state index is 0.301. The molecule has 128 valence electrons. The summed E-state index contributed by atoms with van der Waals surface area (Å²) >= 11 is 18.5. The second-order valence-electron chi connectivity index (χ2n) is 5.39. The highest BCUT2D eigenvalue weighted by molar-refractivity contribution is 6.36. The van der Waals surface area contributed by atoms with Crippen molar-refractivity contribution < 1.29 is 4.74 Å². The SMILES string of the molecule is COc1nc(-c2ccc(Cl)cc2)c(-c2ccc(Cl)cc2Cl)cc1CN. The smallest absolute Gasteiger partial charge is 0.218 e. The van der Waals surface area contributed by atoms with Crippen LogP contribution in [0.3, 0.4) is 0 Å². The summed E-state index contributed by atoms with van der Waals surface area (Å²) in [6, 6.07) is 14.7. The van der Waals surface area contributed by atoms with Crippen molar-refractivity contribution in [3.05, 3.63) is 69.2 Å². The third-order valence-corrected chi connectivity index (χ3v) is 4.61. The van der Waals surface area contributed by atoms with E-state index in [0.717, 1.165) is 27.9 Å². The molecule has 1 aromatic heterocycles. The standard InChI is InChI=1S/C19H15Cl3N2O/c1-25-19-12(10-23)8-16(15-7-6-14(21)9-17(15)22)18(24-19)11-2-4-13(20)5-3-11/h2-9H,10,23H2,1H3. The third-order valence-electron chi connectivity index (χ3n) is 3.81. The van der Waals surface area contributed by atoms with E-state index in [-0.39, 0.29) is 0 Å². The average molecular weight is 394 g/mol. The van der Waals surface area contributed by atoms with E-state index in [1.807, 2.05) is 36.4 Å². The maximum Gasteiger partial charge on any atom is 0.218 e. The van der Waals surface area contributed by atoms with E-state index in [0.29, 0.717) is 27.5 Å². The van der Waals surface area contributed by atoms with E-state index in [9.17, 15) is 0 Å². The molecule has 0 aliphatic heterocycles. The Balaban J connectivity index is 2.29. The Kier molecular flexibility index (Phi) is 5.50. The van der Waals surface area contributed by atoms with Gasteiger partial charge in [-0.25, -0.2) is 4.98 Å². The van der Waals surface area contributed by atoms with Crippen LogP contribution >= 0.6 is 34.8 Å². The number of benzene rings is 2. The number of rotatable bonds is 4. The molecule has 6 heteroatoms. The second kappa shape index (κ2) is 7.63. The molecular formula is C19H15Cl3N2O. The van der Waals surface area contributed by atoms with E-state index in [1.165, 1.54) is 0 Å². The highest BCUT2D eigenvalue weighted by Crippen LogP contribution is 2.38. The van der Waals surface area contributed by atoms with Crippen molar-refractivity contribution >= 4 is 34.8 Å². The molecule has 0 bridgehead atoms. The molecule has 0 amide bonds. The average Bonchev–Trinajstić information content (AvgIpc) is 2.61. The zero-order valence-corrected chi connectivity index (χ0v) is 15.7. The highest BCUT2D eigenvalue weighted by Gasteiger charge is 2.17. The molecular weight excluding hydrogens is 379 g/mol. The summed E-state index contributed by atoms with van der Waals surface area (Å²) in [4.78, 5) is 4.66. The topological polar surface area (TPSA) is 48.1 Å². The Morgan fingerprint density at radius 3 is 2.20 bits per heavy atom. The largest absolute Gasteiger partial charge is 0.481 e. The first kappa shape index (κ1) is 18.0. The predicted octanol–water partition coefficient (Wildman–Crippen LogP) is 5.84. The molecule has 3 aromatic rings. The number of ether oxygens (including phenoxy) is 1. The van der Waals surface area contributed by atoms with Gasteiger partial charge in [0, 0.05) is 43.9 Å². The quantitative estimate of drug-likeness (QED) is 0.605. The number of halogens is 3. The van der Waals surface area contributed by atoms with Crippen molar-refractivity contribution in [1.29, 1.82) is 0 Å². The van der Waals surface area contributed by atoms with Gasteiger partial charge in [0.15, 0.2) is 0 Å². The monoisotopic (exact) mass is 392 g/mol. The fourth-order valence-corrected chi connectivity index (χ4v) is 3.24. The number of nitrogens with zero attached hydrogens (tertiary/aromatic N) is 1. The van der Waals surface area contributed by atoms with Gasteiger partial charge in [0.25, 0.3) is 0 Å². The van der Waals surface area contributed by atoms with Crippen LogP contribution in [0.15, 0.2) is 48.5 Å². The number of aromatic nitrogens is 1. The van der Waals surface area contributed by atoms with Gasteiger partial charge >= 0.3 is 0 Å². The first-order valence-electron chi connectivity index (χ1n) is 7.53. The molecule has 0 saturated carbocycles. The Bertz CT molecular complexity index is 911. The van der Waals surface area contributed by atoms with Crippen molar-refractivity contribution in [2.45, 2.75) is 6.54 Å². The van der Waals surface area contributed by atoms with Crippen LogP contribution in [0.5, 0.6) is 5.88 Å². The van der Waals surface area contributed by atoms with Crippen LogP contribution in [-0.4, -0.2) is 12.1 Å².